The van der Waals surface area contributed by atoms with Gasteiger partial charge in [0.1, 0.15) is 6.04 Å². The number of alkyl halides is 2. The number of imide groups is 1. The van der Waals surface area contributed by atoms with Gasteiger partial charge in [0.05, 0.1) is 5.54 Å². The lowest BCUT2D eigenvalue weighted by Gasteiger charge is -2.30. The Balaban J connectivity index is 1.54. The molecule has 0 aliphatic carbocycles. The Bertz CT molecular complexity index is 823. The van der Waals surface area contributed by atoms with Crippen LogP contribution in [0.2, 0.25) is 0 Å². The molecule has 0 aromatic heterocycles. The van der Waals surface area contributed by atoms with E-state index in [1.165, 1.54) is 4.90 Å². The topological polar surface area (TPSA) is 90.5 Å². The number of hydrogen-bond donors (Lipinski definition) is 3. The maximum absolute atomic E-state index is 13.6. The van der Waals surface area contributed by atoms with E-state index in [9.17, 15) is 23.2 Å². The molecule has 28 heavy (non-hydrogen) atoms. The minimum absolute atomic E-state index is 0.143. The molecule has 1 aromatic carbocycles. The second-order valence-corrected chi connectivity index (χ2v) is 7.59. The third-order valence-corrected chi connectivity index (χ3v) is 5.88. The molecule has 2 saturated heterocycles. The van der Waals surface area contributed by atoms with E-state index in [-0.39, 0.29) is 44.3 Å². The number of nitrogens with zero attached hydrogens (tertiary/aromatic N) is 1. The van der Waals surface area contributed by atoms with Crippen molar-refractivity contribution in [2.24, 2.45) is 0 Å². The largest absolute Gasteiger partial charge is 0.322 e. The molecule has 0 bridgehead atoms. The van der Waals surface area contributed by atoms with Crippen molar-refractivity contribution in [3.05, 3.63) is 34.9 Å². The lowest BCUT2D eigenvalue weighted by Crippen LogP contribution is -2.53. The number of halogens is 2. The fraction of sp³-hybridized carbons (Fsp3) is 0.526. The van der Waals surface area contributed by atoms with Gasteiger partial charge in [-0.25, -0.2) is 8.78 Å². The molecule has 2 atom stereocenters. The standard InChI is InChI=1S/C19H22F2N4O3/c20-18(21)19(6-7-22-10-19)23-8-11-2-1-3-12-9-25(17(28)15(11)12)13-4-5-14(26)24-16(13)27/h1-3,13,18,22-23H,4-10H2,(H,24,26,27). The van der Waals surface area contributed by atoms with Crippen LogP contribution in [0.25, 0.3) is 0 Å². The highest BCUT2D eigenvalue weighted by atomic mass is 19.3. The van der Waals surface area contributed by atoms with E-state index in [0.717, 1.165) is 5.56 Å². The lowest BCUT2D eigenvalue weighted by molar-refractivity contribution is -0.136. The molecule has 1 aromatic rings. The molecule has 3 aliphatic heterocycles. The molecule has 0 saturated carbocycles. The predicted molar refractivity (Wildman–Crippen MR) is 95.5 cm³/mol. The first-order valence-electron chi connectivity index (χ1n) is 9.40. The number of fused-ring (bicyclic) bond motifs is 1. The number of hydrogen-bond acceptors (Lipinski definition) is 5. The molecule has 3 N–H and O–H groups in total. The van der Waals surface area contributed by atoms with E-state index in [1.807, 2.05) is 6.07 Å². The van der Waals surface area contributed by atoms with Crippen LogP contribution in [0.3, 0.4) is 0 Å². The van der Waals surface area contributed by atoms with Crippen LogP contribution < -0.4 is 16.0 Å². The van der Waals surface area contributed by atoms with Crippen molar-refractivity contribution >= 4 is 17.7 Å². The maximum Gasteiger partial charge on any atom is 0.257 e. The van der Waals surface area contributed by atoms with Gasteiger partial charge < -0.3 is 15.5 Å². The summed E-state index contributed by atoms with van der Waals surface area (Å²) in [6, 6.07) is 4.66. The Hall–Kier alpha value is -2.39. The summed E-state index contributed by atoms with van der Waals surface area (Å²) in [5, 5.41) is 8.20. The average molecular weight is 392 g/mol. The molecular formula is C19H22F2N4O3. The zero-order valence-corrected chi connectivity index (χ0v) is 15.3. The van der Waals surface area contributed by atoms with Gasteiger partial charge in [0.2, 0.25) is 11.8 Å². The van der Waals surface area contributed by atoms with E-state index in [0.29, 0.717) is 24.1 Å². The summed E-state index contributed by atoms with van der Waals surface area (Å²) in [4.78, 5) is 38.0. The van der Waals surface area contributed by atoms with Gasteiger partial charge in [-0.3, -0.25) is 19.7 Å². The molecule has 2 fully saturated rings. The number of carbonyl (C=O) groups is 3. The number of piperidine rings is 1. The first kappa shape index (κ1) is 18.9. The predicted octanol–water partition coefficient (Wildman–Crippen LogP) is 0.534. The summed E-state index contributed by atoms with van der Waals surface area (Å²) < 4.78 is 27.2. The van der Waals surface area contributed by atoms with E-state index >= 15 is 0 Å². The Morgan fingerprint density at radius 1 is 1.29 bits per heavy atom. The van der Waals surface area contributed by atoms with Gasteiger partial charge in [-0.15, -0.1) is 0 Å². The molecule has 3 amide bonds. The van der Waals surface area contributed by atoms with Gasteiger partial charge in [0, 0.05) is 31.6 Å². The SMILES string of the molecule is O=C1CCC(N2Cc3cccc(CNC4(C(F)F)CCNC4)c3C2=O)C(=O)N1. The fourth-order valence-electron chi connectivity index (χ4n) is 4.23. The summed E-state index contributed by atoms with van der Waals surface area (Å²) >= 11 is 0. The normalized spacial score (nSPS) is 27.5. The van der Waals surface area contributed by atoms with Crippen molar-refractivity contribution < 1.29 is 23.2 Å². The van der Waals surface area contributed by atoms with Crippen molar-refractivity contribution in [1.29, 1.82) is 0 Å². The number of benzene rings is 1. The summed E-state index contributed by atoms with van der Waals surface area (Å²) in [5.41, 5.74) is 0.581. The third-order valence-electron chi connectivity index (χ3n) is 5.88. The van der Waals surface area contributed by atoms with Crippen molar-refractivity contribution in [3.8, 4) is 0 Å². The fourth-order valence-corrected chi connectivity index (χ4v) is 4.23. The molecule has 150 valence electrons. The van der Waals surface area contributed by atoms with Crippen LogP contribution in [0.4, 0.5) is 8.78 Å². The highest BCUT2D eigenvalue weighted by Gasteiger charge is 2.43. The molecule has 3 heterocycles. The zero-order valence-electron chi connectivity index (χ0n) is 15.3. The number of nitrogens with one attached hydrogen (secondary N) is 3. The second kappa shape index (κ2) is 7.21. The van der Waals surface area contributed by atoms with Crippen LogP contribution in [-0.2, 0) is 22.7 Å². The first-order valence-corrected chi connectivity index (χ1v) is 9.40. The van der Waals surface area contributed by atoms with Gasteiger partial charge >= 0.3 is 0 Å². The minimum atomic E-state index is -2.52. The molecule has 2 unspecified atom stereocenters. The monoisotopic (exact) mass is 392 g/mol. The van der Waals surface area contributed by atoms with Crippen LogP contribution in [0.5, 0.6) is 0 Å². The van der Waals surface area contributed by atoms with Crippen LogP contribution in [-0.4, -0.2) is 53.7 Å². The van der Waals surface area contributed by atoms with Gasteiger partial charge in [-0.2, -0.15) is 0 Å². The van der Waals surface area contributed by atoms with Crippen molar-refractivity contribution in [1.82, 2.24) is 20.9 Å². The summed E-state index contributed by atoms with van der Waals surface area (Å²) in [7, 11) is 0. The molecule has 9 heteroatoms. The van der Waals surface area contributed by atoms with Gasteiger partial charge in [-0.1, -0.05) is 18.2 Å². The second-order valence-electron chi connectivity index (χ2n) is 7.59. The Morgan fingerprint density at radius 3 is 2.79 bits per heavy atom. The first-order chi connectivity index (χ1) is 13.4. The van der Waals surface area contributed by atoms with E-state index in [4.69, 9.17) is 0 Å². The molecule has 4 rings (SSSR count). The van der Waals surface area contributed by atoms with Gasteiger partial charge in [0.15, 0.2) is 0 Å². The highest BCUT2D eigenvalue weighted by molar-refractivity contribution is 6.05. The van der Waals surface area contributed by atoms with E-state index in [1.54, 1.807) is 12.1 Å². The quantitative estimate of drug-likeness (QED) is 0.637. The highest BCUT2D eigenvalue weighted by Crippen LogP contribution is 2.31. The average Bonchev–Trinajstić information content (AvgIpc) is 3.26. The van der Waals surface area contributed by atoms with Gasteiger partial charge in [-0.05, 0) is 30.5 Å². The minimum Gasteiger partial charge on any atom is -0.322 e. The third kappa shape index (κ3) is 3.18. The van der Waals surface area contributed by atoms with Crippen LogP contribution >= 0.6 is 0 Å². The van der Waals surface area contributed by atoms with Crippen LogP contribution in [0, 0.1) is 0 Å². The Labute approximate surface area is 160 Å². The van der Waals surface area contributed by atoms with Crippen molar-refractivity contribution in [3.63, 3.8) is 0 Å². The number of carbonyl (C=O) groups excluding carboxylic acids is 3. The smallest absolute Gasteiger partial charge is 0.257 e. The molecule has 0 radical (unpaired) electrons. The van der Waals surface area contributed by atoms with Gasteiger partial charge in [0.25, 0.3) is 12.3 Å². The molecule has 3 aliphatic rings. The summed E-state index contributed by atoms with van der Waals surface area (Å²) in [6.07, 6.45) is -1.72. The molecular weight excluding hydrogens is 370 g/mol. The molecule has 7 nitrogen and oxygen atoms in total. The zero-order chi connectivity index (χ0) is 19.9. The number of amides is 3. The summed E-state index contributed by atoms with van der Waals surface area (Å²) in [5.74, 6) is -1.10. The Kier molecular flexibility index (Phi) is 4.88. The van der Waals surface area contributed by atoms with E-state index in [2.05, 4.69) is 16.0 Å². The number of rotatable bonds is 5. The lowest BCUT2D eigenvalue weighted by atomic mass is 9.97. The van der Waals surface area contributed by atoms with Crippen molar-refractivity contribution in [2.45, 2.75) is 50.4 Å². The van der Waals surface area contributed by atoms with Crippen LogP contribution in [0.15, 0.2) is 18.2 Å². The molecule has 0 spiro atoms. The van der Waals surface area contributed by atoms with Crippen molar-refractivity contribution in [2.75, 3.05) is 13.1 Å². The van der Waals surface area contributed by atoms with Crippen LogP contribution in [0.1, 0.15) is 40.7 Å². The summed E-state index contributed by atoms with van der Waals surface area (Å²) in [6.45, 7) is 1.11. The maximum atomic E-state index is 13.6. The van der Waals surface area contributed by atoms with E-state index < -0.39 is 23.9 Å². The Morgan fingerprint density at radius 2 is 2.11 bits per heavy atom.